The van der Waals surface area contributed by atoms with E-state index < -0.39 is 71.3 Å². The Morgan fingerprint density at radius 1 is 1.07 bits per heavy atom. The predicted octanol–water partition coefficient (Wildman–Crippen LogP) is 6.61. The van der Waals surface area contributed by atoms with Crippen LogP contribution in [0.25, 0.3) is 22.0 Å². The fraction of sp³-hybridized carbons (Fsp3) is 0.368. The number of aliphatic hydroxyl groups is 1. The maximum Gasteiger partial charge on any atom is 0.293 e. The predicted molar refractivity (Wildman–Crippen MR) is 185 cm³/mol. The maximum atomic E-state index is 15.4. The van der Waals surface area contributed by atoms with Gasteiger partial charge in [-0.05, 0) is 60.6 Å². The third-order valence-electron chi connectivity index (χ3n) is 10.4. The standard InChI is InChI=1S/C38H31ClF6N6O4/c1-50-33-23(4-5-26(39)30(33)36(53)49-50)22-3-2-21(6-7-37(54)8-10-55-11-9-37)46-31(22)27(14-18-12-19(40)15-20(41)13-18)47-28(52)17-51-34-29(32(48-51)35(42)43)24-16-25(24)38(34,44)45/h2-5,12-13,15,24-25,27,35,54H,8-11,14,16-17H2,1H3,(H,47,52)(H,49,53)/t24-,25+,27-/m0/s1. The van der Waals surface area contributed by atoms with E-state index in [1.54, 1.807) is 25.2 Å². The van der Waals surface area contributed by atoms with Gasteiger partial charge in [-0.25, -0.2) is 22.5 Å². The van der Waals surface area contributed by atoms with E-state index in [4.69, 9.17) is 21.3 Å². The van der Waals surface area contributed by atoms with Crippen LogP contribution in [0.1, 0.15) is 71.6 Å². The van der Waals surface area contributed by atoms with Crippen LogP contribution in [-0.2, 0) is 35.5 Å². The van der Waals surface area contributed by atoms with Gasteiger partial charge in [-0.15, -0.1) is 5.10 Å². The molecule has 3 atom stereocenters. The van der Waals surface area contributed by atoms with Gasteiger partial charge in [0.2, 0.25) is 11.8 Å². The lowest BCUT2D eigenvalue weighted by atomic mass is 9.93. The second kappa shape index (κ2) is 13.6. The van der Waals surface area contributed by atoms with Crippen LogP contribution in [0, 0.1) is 29.4 Å². The molecular formula is C38H31ClF6N6O4. The van der Waals surface area contributed by atoms with Gasteiger partial charge >= 0.3 is 0 Å². The van der Waals surface area contributed by atoms with Crippen LogP contribution in [0.15, 0.2) is 42.5 Å². The molecule has 1 amide bonds. The highest BCUT2D eigenvalue weighted by Crippen LogP contribution is 2.68. The van der Waals surface area contributed by atoms with Gasteiger partial charge < -0.3 is 20.3 Å². The zero-order valence-electron chi connectivity index (χ0n) is 28.9. The summed E-state index contributed by atoms with van der Waals surface area (Å²) in [6.45, 7) is -0.309. The normalized spacial score (nSPS) is 19.8. The molecule has 1 aliphatic heterocycles. The molecule has 17 heteroatoms. The molecule has 8 rings (SSSR count). The Morgan fingerprint density at radius 2 is 1.78 bits per heavy atom. The topological polar surface area (TPSA) is 127 Å². The van der Waals surface area contributed by atoms with Crippen molar-refractivity contribution >= 4 is 28.4 Å². The Hall–Kier alpha value is -5.11. The lowest BCUT2D eigenvalue weighted by molar-refractivity contribution is -0.123. The molecule has 5 aromatic rings. The van der Waals surface area contributed by atoms with Gasteiger partial charge in [0.1, 0.15) is 40.9 Å². The summed E-state index contributed by atoms with van der Waals surface area (Å²) in [4.78, 5) is 18.7. The van der Waals surface area contributed by atoms with Crippen LogP contribution in [0.5, 0.6) is 5.88 Å². The quantitative estimate of drug-likeness (QED) is 0.120. The van der Waals surface area contributed by atoms with Crippen LogP contribution in [0.2, 0.25) is 5.02 Å². The molecule has 55 heavy (non-hydrogen) atoms. The molecule has 0 unspecified atom stereocenters. The second-order valence-electron chi connectivity index (χ2n) is 14.1. The minimum absolute atomic E-state index is 0.0368. The zero-order chi connectivity index (χ0) is 39.0. The third-order valence-corrected chi connectivity index (χ3v) is 10.7. The fourth-order valence-electron chi connectivity index (χ4n) is 7.76. The molecule has 0 radical (unpaired) electrons. The number of halogens is 7. The third kappa shape index (κ3) is 6.68. The van der Waals surface area contributed by atoms with E-state index in [1.807, 2.05) is 0 Å². The van der Waals surface area contributed by atoms with Crippen LogP contribution >= 0.6 is 11.6 Å². The monoisotopic (exact) mass is 784 g/mol. The van der Waals surface area contributed by atoms with Crippen molar-refractivity contribution < 1.29 is 46.1 Å². The Kier molecular flexibility index (Phi) is 9.09. The number of hydrogen-bond acceptors (Lipinski definition) is 7. The van der Waals surface area contributed by atoms with Gasteiger partial charge in [0.25, 0.3) is 12.3 Å². The number of alkyl halides is 4. The summed E-state index contributed by atoms with van der Waals surface area (Å²) < 4.78 is 95.2. The van der Waals surface area contributed by atoms with Crippen LogP contribution < -0.4 is 5.32 Å². The molecule has 2 aliphatic carbocycles. The SMILES string of the molecule is Cn1nc(O)c2c(Cl)ccc(-c3ccc(C#CC4(O)CCOCC4)nc3[C@H](Cc3cc(F)cc(F)c3)NC(=O)Cn3nc(C(F)F)c4c3C(F)(F)[C@@H]3C[C@H]43)c21. The van der Waals surface area contributed by atoms with Crippen molar-refractivity contribution in [1.82, 2.24) is 29.9 Å². The first-order chi connectivity index (χ1) is 26.1. The van der Waals surface area contributed by atoms with Gasteiger partial charge in [0.05, 0.1) is 40.9 Å². The number of aromatic nitrogens is 5. The van der Waals surface area contributed by atoms with Gasteiger partial charge in [-0.1, -0.05) is 23.6 Å². The molecule has 286 valence electrons. The van der Waals surface area contributed by atoms with Gasteiger partial charge in [0.15, 0.2) is 0 Å². The number of fused-ring (bicyclic) bond motifs is 4. The number of ether oxygens (including phenoxy) is 1. The van der Waals surface area contributed by atoms with Gasteiger partial charge in [-0.3, -0.25) is 14.2 Å². The maximum absolute atomic E-state index is 15.4. The average Bonchev–Trinajstić information content (AvgIpc) is 3.67. The van der Waals surface area contributed by atoms with Crippen molar-refractivity contribution in [2.75, 3.05) is 13.2 Å². The van der Waals surface area contributed by atoms with Crippen molar-refractivity contribution in [2.45, 2.75) is 62.1 Å². The number of hydrogen-bond donors (Lipinski definition) is 3. The highest BCUT2D eigenvalue weighted by atomic mass is 35.5. The van der Waals surface area contributed by atoms with Crippen LogP contribution in [-0.4, -0.2) is 59.5 Å². The first-order valence-corrected chi connectivity index (χ1v) is 17.7. The highest BCUT2D eigenvalue weighted by Gasteiger charge is 2.67. The molecule has 2 aromatic carbocycles. The first-order valence-electron chi connectivity index (χ1n) is 17.3. The molecular weight excluding hydrogens is 754 g/mol. The average molecular weight is 785 g/mol. The van der Waals surface area contributed by atoms with Crippen molar-refractivity contribution in [1.29, 1.82) is 0 Å². The number of aromatic hydroxyl groups is 1. The van der Waals surface area contributed by atoms with Crippen molar-refractivity contribution in [3.05, 3.63) is 93.0 Å². The summed E-state index contributed by atoms with van der Waals surface area (Å²) in [6.07, 6.45) is -2.93. The number of pyridine rings is 1. The first kappa shape index (κ1) is 36.8. The molecule has 4 heterocycles. The summed E-state index contributed by atoms with van der Waals surface area (Å²) in [5.74, 6) is -2.81. The number of carbonyl (C=O) groups is 1. The Morgan fingerprint density at radius 3 is 2.49 bits per heavy atom. The molecule has 3 N–H and O–H groups in total. The minimum Gasteiger partial charge on any atom is -0.492 e. The molecule has 3 aromatic heterocycles. The number of aryl methyl sites for hydroxylation is 1. The van der Waals surface area contributed by atoms with E-state index >= 15 is 8.78 Å². The van der Waals surface area contributed by atoms with E-state index in [9.17, 15) is 32.6 Å². The second-order valence-corrected chi connectivity index (χ2v) is 14.5. The van der Waals surface area contributed by atoms with E-state index in [-0.39, 0.29) is 77.7 Å². The fourth-order valence-corrected chi connectivity index (χ4v) is 8.00. The number of benzene rings is 2. The lowest BCUT2D eigenvalue weighted by Gasteiger charge is -2.26. The molecule has 2 fully saturated rings. The number of nitrogens with zero attached hydrogens (tertiary/aromatic N) is 5. The number of rotatable bonds is 8. The van der Waals surface area contributed by atoms with Gasteiger partial charge in [-0.2, -0.15) is 13.9 Å². The molecule has 10 nitrogen and oxygen atoms in total. The van der Waals surface area contributed by atoms with Crippen LogP contribution in [0.4, 0.5) is 26.3 Å². The number of amides is 1. The van der Waals surface area contributed by atoms with Crippen molar-refractivity contribution in [3.63, 3.8) is 0 Å². The largest absolute Gasteiger partial charge is 0.492 e. The van der Waals surface area contributed by atoms with Crippen molar-refractivity contribution in [2.24, 2.45) is 13.0 Å². The lowest BCUT2D eigenvalue weighted by Crippen LogP contribution is -2.35. The number of nitrogens with one attached hydrogen (secondary N) is 1. The summed E-state index contributed by atoms with van der Waals surface area (Å²) >= 11 is 6.45. The van der Waals surface area contributed by atoms with E-state index in [2.05, 4.69) is 27.4 Å². The van der Waals surface area contributed by atoms with Crippen molar-refractivity contribution in [3.8, 4) is 28.8 Å². The van der Waals surface area contributed by atoms with E-state index in [1.165, 1.54) is 10.7 Å². The molecule has 0 bridgehead atoms. The Bertz CT molecular complexity index is 2420. The highest BCUT2D eigenvalue weighted by molar-refractivity contribution is 6.36. The zero-order valence-corrected chi connectivity index (χ0v) is 29.6. The van der Waals surface area contributed by atoms with E-state index in [0.717, 1.165) is 12.1 Å². The number of carbonyl (C=O) groups excluding carboxylic acids is 1. The molecule has 1 saturated carbocycles. The van der Waals surface area contributed by atoms with E-state index in [0.29, 0.717) is 27.4 Å². The summed E-state index contributed by atoms with van der Waals surface area (Å²) in [5, 5.41) is 32.6. The summed E-state index contributed by atoms with van der Waals surface area (Å²) in [6, 6.07) is 7.80. The Labute approximate surface area is 314 Å². The van der Waals surface area contributed by atoms with Crippen LogP contribution in [0.3, 0.4) is 0 Å². The Balaban J connectivity index is 1.26. The smallest absolute Gasteiger partial charge is 0.293 e. The summed E-state index contributed by atoms with van der Waals surface area (Å²) in [5.41, 5.74) is -1.75. The minimum atomic E-state index is -3.48. The molecule has 3 aliphatic rings. The van der Waals surface area contributed by atoms with Gasteiger partial charge in [0, 0.05) is 48.6 Å². The molecule has 1 saturated heterocycles. The molecule has 0 spiro atoms. The summed E-state index contributed by atoms with van der Waals surface area (Å²) in [7, 11) is 1.56.